The van der Waals surface area contributed by atoms with Crippen LogP contribution in [0.3, 0.4) is 0 Å². The van der Waals surface area contributed by atoms with Crippen LogP contribution >= 0.6 is 11.3 Å². The average molecular weight is 483 g/mol. The predicted molar refractivity (Wildman–Crippen MR) is 122 cm³/mol. The van der Waals surface area contributed by atoms with E-state index in [1.807, 2.05) is 5.38 Å². The molecule has 8 nitrogen and oxygen atoms in total. The zero-order valence-electron chi connectivity index (χ0n) is 17.8. The largest absolute Gasteiger partial charge is 0.481 e. The lowest BCUT2D eigenvalue weighted by Gasteiger charge is -2.47. The Hall–Kier alpha value is -3.47. The van der Waals surface area contributed by atoms with Crippen molar-refractivity contribution in [2.75, 3.05) is 5.32 Å². The molecule has 2 bridgehead atoms. The van der Waals surface area contributed by atoms with Crippen molar-refractivity contribution in [1.29, 1.82) is 0 Å². The number of nitrogens with zero attached hydrogens (tertiary/aromatic N) is 4. The van der Waals surface area contributed by atoms with Gasteiger partial charge in [-0.05, 0) is 55.0 Å². The van der Waals surface area contributed by atoms with Crippen LogP contribution in [0.5, 0.6) is 0 Å². The van der Waals surface area contributed by atoms with E-state index in [2.05, 4.69) is 30.5 Å². The van der Waals surface area contributed by atoms with E-state index in [0.29, 0.717) is 16.6 Å². The number of aliphatic carboxylic acids is 1. The fraction of sp³-hybridized carbons (Fsp3) is 0.348. The number of aromatic nitrogens is 5. The van der Waals surface area contributed by atoms with Crippen LogP contribution in [-0.2, 0) is 4.79 Å². The van der Waals surface area contributed by atoms with E-state index in [4.69, 9.17) is 0 Å². The zero-order valence-corrected chi connectivity index (χ0v) is 18.6. The summed E-state index contributed by atoms with van der Waals surface area (Å²) in [6.45, 7) is 0. The summed E-state index contributed by atoms with van der Waals surface area (Å²) < 4.78 is 29.6. The van der Waals surface area contributed by atoms with Crippen LogP contribution in [0.15, 0.2) is 29.1 Å². The third kappa shape index (κ3) is 3.42. The SMILES string of the molecule is O=C(O)C1C2CCC(CC2)C1Nc1nc(-c2n[nH]c3ncc(F)cc23)nc(-c2ccsc2)c1F. The Kier molecular flexibility index (Phi) is 5.01. The van der Waals surface area contributed by atoms with Crippen LogP contribution in [0.2, 0.25) is 0 Å². The summed E-state index contributed by atoms with van der Waals surface area (Å²) in [6.07, 6.45) is 4.62. The molecule has 3 fully saturated rings. The Bertz CT molecular complexity index is 1380. The van der Waals surface area contributed by atoms with Gasteiger partial charge in [-0.25, -0.2) is 23.7 Å². The number of H-pyrrole nitrogens is 1. The van der Waals surface area contributed by atoms with Crippen LogP contribution < -0.4 is 5.32 Å². The fourth-order valence-corrected chi connectivity index (χ4v) is 6.10. The zero-order chi connectivity index (χ0) is 23.4. The first kappa shape index (κ1) is 21.1. The van der Waals surface area contributed by atoms with Gasteiger partial charge in [0.15, 0.2) is 23.1 Å². The summed E-state index contributed by atoms with van der Waals surface area (Å²) in [5.74, 6) is -2.48. The number of thiophene rings is 1. The van der Waals surface area contributed by atoms with Gasteiger partial charge in [0.25, 0.3) is 0 Å². The number of nitrogens with one attached hydrogen (secondary N) is 2. The quantitative estimate of drug-likeness (QED) is 0.377. The molecule has 3 saturated carbocycles. The van der Waals surface area contributed by atoms with Crippen LogP contribution in [0.4, 0.5) is 14.6 Å². The number of fused-ring (bicyclic) bond motifs is 4. The first-order chi connectivity index (χ1) is 16.5. The van der Waals surface area contributed by atoms with Gasteiger partial charge in [-0.3, -0.25) is 9.89 Å². The van der Waals surface area contributed by atoms with Crippen molar-refractivity contribution in [3.05, 3.63) is 40.7 Å². The van der Waals surface area contributed by atoms with Crippen LogP contribution in [0.25, 0.3) is 33.8 Å². The summed E-state index contributed by atoms with van der Waals surface area (Å²) in [5.41, 5.74) is 1.23. The third-order valence-electron chi connectivity index (χ3n) is 7.05. The summed E-state index contributed by atoms with van der Waals surface area (Å²) >= 11 is 1.40. The minimum Gasteiger partial charge on any atom is -0.481 e. The summed E-state index contributed by atoms with van der Waals surface area (Å²) in [5, 5.41) is 23.9. The van der Waals surface area contributed by atoms with Crippen molar-refractivity contribution < 1.29 is 18.7 Å². The van der Waals surface area contributed by atoms with Gasteiger partial charge in [-0.1, -0.05) is 0 Å². The molecule has 11 heteroatoms. The Morgan fingerprint density at radius 3 is 2.68 bits per heavy atom. The maximum atomic E-state index is 15.7. The lowest BCUT2D eigenvalue weighted by Crippen LogP contribution is -2.51. The Labute approximate surface area is 196 Å². The van der Waals surface area contributed by atoms with E-state index in [-0.39, 0.29) is 34.9 Å². The molecule has 7 rings (SSSR count). The molecular weight excluding hydrogens is 462 g/mol. The second-order valence-electron chi connectivity index (χ2n) is 8.90. The maximum absolute atomic E-state index is 15.7. The number of hydrogen-bond acceptors (Lipinski definition) is 7. The number of hydrogen-bond donors (Lipinski definition) is 3. The van der Waals surface area contributed by atoms with Gasteiger partial charge in [0.1, 0.15) is 17.2 Å². The second-order valence-corrected chi connectivity index (χ2v) is 9.68. The first-order valence-corrected chi connectivity index (χ1v) is 12.0. The van der Waals surface area contributed by atoms with Crippen molar-refractivity contribution in [1.82, 2.24) is 25.1 Å². The highest BCUT2D eigenvalue weighted by Gasteiger charge is 2.47. The van der Waals surface area contributed by atoms with Gasteiger partial charge in [-0.2, -0.15) is 16.4 Å². The molecule has 0 aliphatic heterocycles. The van der Waals surface area contributed by atoms with E-state index < -0.39 is 29.6 Å². The highest BCUT2D eigenvalue weighted by Crippen LogP contribution is 2.46. The van der Waals surface area contributed by atoms with Gasteiger partial charge in [0, 0.05) is 17.0 Å². The number of carboxylic acids is 1. The van der Waals surface area contributed by atoms with Crippen molar-refractivity contribution in [2.45, 2.75) is 31.7 Å². The number of halogens is 2. The van der Waals surface area contributed by atoms with E-state index in [9.17, 15) is 14.3 Å². The van der Waals surface area contributed by atoms with Gasteiger partial charge in [0.05, 0.1) is 17.5 Å². The number of rotatable bonds is 5. The summed E-state index contributed by atoms with van der Waals surface area (Å²) in [7, 11) is 0. The van der Waals surface area contributed by atoms with Crippen molar-refractivity contribution in [3.8, 4) is 22.8 Å². The van der Waals surface area contributed by atoms with E-state index in [1.165, 1.54) is 17.4 Å². The normalized spacial score (nSPS) is 23.9. The van der Waals surface area contributed by atoms with Gasteiger partial charge in [-0.15, -0.1) is 0 Å². The Balaban J connectivity index is 1.49. The lowest BCUT2D eigenvalue weighted by molar-refractivity contribution is -0.148. The molecule has 0 spiro atoms. The Morgan fingerprint density at radius 1 is 1.15 bits per heavy atom. The topological polar surface area (TPSA) is 117 Å². The molecule has 3 N–H and O–H groups in total. The molecular formula is C23H20F2N6O2S. The van der Waals surface area contributed by atoms with Crippen molar-refractivity contribution >= 4 is 34.2 Å². The molecule has 4 heterocycles. The van der Waals surface area contributed by atoms with Gasteiger partial charge in [0.2, 0.25) is 0 Å². The maximum Gasteiger partial charge on any atom is 0.308 e. The summed E-state index contributed by atoms with van der Waals surface area (Å²) in [4.78, 5) is 24.9. The van der Waals surface area contributed by atoms with E-state index in [0.717, 1.165) is 31.9 Å². The molecule has 0 aromatic carbocycles. The van der Waals surface area contributed by atoms with Gasteiger partial charge < -0.3 is 10.4 Å². The highest BCUT2D eigenvalue weighted by atomic mass is 32.1. The smallest absolute Gasteiger partial charge is 0.308 e. The number of pyridine rings is 1. The molecule has 4 aromatic rings. The molecule has 174 valence electrons. The molecule has 3 aliphatic rings. The molecule has 2 atom stereocenters. The number of carbonyl (C=O) groups is 1. The van der Waals surface area contributed by atoms with Crippen LogP contribution in [0, 0.1) is 29.4 Å². The molecule has 4 aromatic heterocycles. The third-order valence-corrected chi connectivity index (χ3v) is 7.73. The molecule has 2 unspecified atom stereocenters. The average Bonchev–Trinajstić information content (AvgIpc) is 3.51. The van der Waals surface area contributed by atoms with Crippen LogP contribution in [0.1, 0.15) is 25.7 Å². The first-order valence-electron chi connectivity index (χ1n) is 11.1. The van der Waals surface area contributed by atoms with Crippen LogP contribution in [-0.4, -0.2) is 42.3 Å². The minimum atomic E-state index is -0.875. The minimum absolute atomic E-state index is 0.0602. The lowest BCUT2D eigenvalue weighted by atomic mass is 9.61. The molecule has 0 radical (unpaired) electrons. The van der Waals surface area contributed by atoms with Crippen molar-refractivity contribution in [2.24, 2.45) is 17.8 Å². The standard InChI is InChI=1S/C23H20F2N6O2S/c24-13-7-14-19(30-31-20(14)26-8-13)22-28-18(12-5-6-34-9-12)16(25)21(29-22)27-17-11-3-1-10(2-4-11)15(17)23(32)33/h5-11,15,17H,1-4H2,(H,32,33)(H,26,30,31)(H,27,28,29). The molecule has 34 heavy (non-hydrogen) atoms. The second kappa shape index (κ2) is 8.08. The highest BCUT2D eigenvalue weighted by molar-refractivity contribution is 7.08. The number of carboxylic acid groups (broad SMARTS) is 1. The molecule has 3 aliphatic carbocycles. The van der Waals surface area contributed by atoms with Crippen molar-refractivity contribution in [3.63, 3.8) is 0 Å². The van der Waals surface area contributed by atoms with E-state index in [1.54, 1.807) is 11.4 Å². The predicted octanol–water partition coefficient (Wildman–Crippen LogP) is 4.72. The molecule has 0 amide bonds. The van der Waals surface area contributed by atoms with E-state index >= 15 is 4.39 Å². The monoisotopic (exact) mass is 482 g/mol. The Morgan fingerprint density at radius 2 is 1.94 bits per heavy atom. The number of aromatic amines is 1. The van der Waals surface area contributed by atoms with Gasteiger partial charge >= 0.3 is 5.97 Å². The summed E-state index contributed by atoms with van der Waals surface area (Å²) in [6, 6.07) is 2.58. The number of anilines is 1. The fourth-order valence-electron chi connectivity index (χ4n) is 5.46. The molecule has 0 saturated heterocycles.